The molecule has 1 aliphatic rings. The summed E-state index contributed by atoms with van der Waals surface area (Å²) in [6, 6.07) is 14.4. The van der Waals surface area contributed by atoms with E-state index in [2.05, 4.69) is 0 Å². The average Bonchev–Trinajstić information content (AvgIpc) is 3.18. The second-order valence-electron chi connectivity index (χ2n) is 5.75. The van der Waals surface area contributed by atoms with Gasteiger partial charge in [0.15, 0.2) is 0 Å². The van der Waals surface area contributed by atoms with E-state index in [4.69, 9.17) is 32.7 Å². The zero-order valence-corrected chi connectivity index (χ0v) is 14.5. The molecule has 24 heavy (non-hydrogen) atoms. The average molecular weight is 367 g/mol. The fourth-order valence-corrected chi connectivity index (χ4v) is 3.46. The number of aliphatic carboxylic acids is 1. The zero-order valence-electron chi connectivity index (χ0n) is 13.0. The summed E-state index contributed by atoms with van der Waals surface area (Å²) in [7, 11) is 1.62. The summed E-state index contributed by atoms with van der Waals surface area (Å²) in [5.41, 5.74) is 0.353. The van der Waals surface area contributed by atoms with Gasteiger partial charge in [0.1, 0.15) is 27.9 Å². The van der Waals surface area contributed by atoms with Crippen molar-refractivity contribution in [1.82, 2.24) is 0 Å². The summed E-state index contributed by atoms with van der Waals surface area (Å²) in [6.45, 7) is 0.405. The van der Waals surface area contributed by atoms with E-state index in [9.17, 15) is 9.90 Å². The predicted molar refractivity (Wildman–Crippen MR) is 92.1 cm³/mol. The monoisotopic (exact) mass is 366 g/mol. The van der Waals surface area contributed by atoms with E-state index in [1.54, 1.807) is 31.4 Å². The fourth-order valence-electron chi connectivity index (χ4n) is 2.68. The molecule has 0 aromatic heterocycles. The number of carboxylic acids is 1. The molecule has 1 saturated carbocycles. The Morgan fingerprint density at radius 1 is 1.08 bits per heavy atom. The molecule has 0 spiro atoms. The number of carbonyl (C=O) groups is 1. The second kappa shape index (κ2) is 6.19. The lowest BCUT2D eigenvalue weighted by molar-refractivity contribution is -0.140. The van der Waals surface area contributed by atoms with Crippen LogP contribution >= 0.6 is 23.2 Å². The van der Waals surface area contributed by atoms with Gasteiger partial charge < -0.3 is 14.6 Å². The number of carboxylic acid groups (broad SMARTS) is 1. The third-order valence-electron chi connectivity index (χ3n) is 4.26. The van der Waals surface area contributed by atoms with Crippen LogP contribution in [-0.2, 0) is 16.8 Å². The first-order valence-electron chi connectivity index (χ1n) is 7.36. The van der Waals surface area contributed by atoms with Crippen molar-refractivity contribution < 1.29 is 19.4 Å². The van der Waals surface area contributed by atoms with Gasteiger partial charge in [-0.25, -0.2) is 0 Å². The quantitative estimate of drug-likeness (QED) is 0.779. The number of rotatable bonds is 6. The van der Waals surface area contributed by atoms with Gasteiger partial charge in [-0.3, -0.25) is 4.79 Å². The lowest BCUT2D eigenvalue weighted by Gasteiger charge is -2.14. The molecule has 0 aliphatic heterocycles. The summed E-state index contributed by atoms with van der Waals surface area (Å²) >= 11 is 12.1. The molecule has 1 fully saturated rings. The van der Waals surface area contributed by atoms with Gasteiger partial charge in [0, 0.05) is 6.42 Å². The lowest BCUT2D eigenvalue weighted by Crippen LogP contribution is -2.26. The van der Waals surface area contributed by atoms with Crippen LogP contribution in [0.15, 0.2) is 48.5 Å². The largest absolute Gasteiger partial charge is 0.497 e. The zero-order chi connectivity index (χ0) is 17.4. The van der Waals surface area contributed by atoms with Crippen molar-refractivity contribution in [1.29, 1.82) is 0 Å². The van der Waals surface area contributed by atoms with Gasteiger partial charge in [-0.2, -0.15) is 0 Å². The van der Waals surface area contributed by atoms with Gasteiger partial charge in [0.25, 0.3) is 0 Å². The highest BCUT2D eigenvalue weighted by atomic mass is 35.5. The molecule has 0 heterocycles. The Labute approximate surface area is 149 Å². The van der Waals surface area contributed by atoms with E-state index in [1.807, 2.05) is 24.3 Å². The van der Waals surface area contributed by atoms with Gasteiger partial charge in [-0.05, 0) is 35.4 Å². The third-order valence-corrected chi connectivity index (χ3v) is 5.18. The smallest absolute Gasteiger partial charge is 0.317 e. The molecule has 0 amide bonds. The summed E-state index contributed by atoms with van der Waals surface area (Å²) in [5.74, 6) is 0.419. The standard InChI is InChI=1S/C18H16Cl2O4/c1-23-14-6-2-12(3-7-14)10-24-15-8-4-13(5-9-15)17(16(21)22)11-18(17,19)20/h2-9H,10-11H2,1H3,(H,21,22). The summed E-state index contributed by atoms with van der Waals surface area (Å²) in [4.78, 5) is 11.5. The molecule has 0 bridgehead atoms. The molecule has 0 radical (unpaired) electrons. The number of halogens is 2. The van der Waals surface area contributed by atoms with E-state index in [1.165, 1.54) is 0 Å². The highest BCUT2D eigenvalue weighted by molar-refractivity contribution is 6.54. The molecular formula is C18H16Cl2O4. The fraction of sp³-hybridized carbons (Fsp3) is 0.278. The topological polar surface area (TPSA) is 55.8 Å². The third kappa shape index (κ3) is 2.92. The molecule has 126 valence electrons. The van der Waals surface area contributed by atoms with Gasteiger partial charge in [0.05, 0.1) is 7.11 Å². The Morgan fingerprint density at radius 2 is 1.62 bits per heavy atom. The van der Waals surface area contributed by atoms with Gasteiger partial charge >= 0.3 is 5.97 Å². The van der Waals surface area contributed by atoms with Crippen LogP contribution in [0.1, 0.15) is 17.5 Å². The molecule has 3 rings (SSSR count). The van der Waals surface area contributed by atoms with Crippen molar-refractivity contribution >= 4 is 29.2 Å². The Kier molecular flexibility index (Phi) is 4.37. The highest BCUT2D eigenvalue weighted by Crippen LogP contribution is 2.65. The Hall–Kier alpha value is -1.91. The van der Waals surface area contributed by atoms with E-state index < -0.39 is 15.7 Å². The normalized spacial score (nSPS) is 21.1. The van der Waals surface area contributed by atoms with E-state index in [0.717, 1.165) is 11.3 Å². The van der Waals surface area contributed by atoms with Gasteiger partial charge in [-0.15, -0.1) is 0 Å². The second-order valence-corrected chi connectivity index (χ2v) is 7.24. The number of methoxy groups -OCH3 is 1. The van der Waals surface area contributed by atoms with Crippen LogP contribution in [0.3, 0.4) is 0 Å². The minimum atomic E-state index is -1.26. The van der Waals surface area contributed by atoms with Crippen molar-refractivity contribution in [3.63, 3.8) is 0 Å². The number of hydrogen-bond donors (Lipinski definition) is 1. The summed E-state index contributed by atoms with van der Waals surface area (Å²) < 4.78 is 9.56. The summed E-state index contributed by atoms with van der Waals surface area (Å²) in [6.07, 6.45) is 0.199. The van der Waals surface area contributed by atoms with Crippen LogP contribution in [0.25, 0.3) is 0 Å². The molecule has 1 N–H and O–H groups in total. The first-order valence-corrected chi connectivity index (χ1v) is 8.12. The van der Waals surface area contributed by atoms with Crippen molar-refractivity contribution in [3.05, 3.63) is 59.7 Å². The molecule has 4 nitrogen and oxygen atoms in total. The van der Waals surface area contributed by atoms with Gasteiger partial charge in [-0.1, -0.05) is 47.5 Å². The van der Waals surface area contributed by atoms with E-state index in [0.29, 0.717) is 17.9 Å². The first kappa shape index (κ1) is 16.9. The maximum Gasteiger partial charge on any atom is 0.317 e. The predicted octanol–water partition coefficient (Wildman–Crippen LogP) is 4.17. The molecule has 1 unspecified atom stereocenters. The van der Waals surface area contributed by atoms with Crippen LogP contribution in [0.2, 0.25) is 0 Å². The van der Waals surface area contributed by atoms with E-state index >= 15 is 0 Å². The van der Waals surface area contributed by atoms with Crippen LogP contribution in [0.5, 0.6) is 11.5 Å². The molecular weight excluding hydrogens is 351 g/mol. The SMILES string of the molecule is COc1ccc(COc2ccc(C3(C(=O)O)CC3(Cl)Cl)cc2)cc1. The van der Waals surface area contributed by atoms with Crippen molar-refractivity contribution in [2.24, 2.45) is 0 Å². The minimum Gasteiger partial charge on any atom is -0.497 e. The van der Waals surface area contributed by atoms with Crippen LogP contribution in [0, 0.1) is 0 Å². The maximum atomic E-state index is 11.5. The molecule has 1 aliphatic carbocycles. The van der Waals surface area contributed by atoms with Crippen LogP contribution in [-0.4, -0.2) is 22.5 Å². The molecule has 1 atom stereocenters. The van der Waals surface area contributed by atoms with Crippen molar-refractivity contribution in [2.45, 2.75) is 22.8 Å². The van der Waals surface area contributed by atoms with E-state index in [-0.39, 0.29) is 6.42 Å². The lowest BCUT2D eigenvalue weighted by atomic mass is 9.96. The minimum absolute atomic E-state index is 0.199. The number of hydrogen-bond acceptors (Lipinski definition) is 3. The number of benzene rings is 2. The Balaban J connectivity index is 1.68. The first-order chi connectivity index (χ1) is 11.4. The molecule has 6 heteroatoms. The van der Waals surface area contributed by atoms with Crippen LogP contribution in [0.4, 0.5) is 0 Å². The Bertz CT molecular complexity index is 741. The Morgan fingerprint density at radius 3 is 2.08 bits per heavy atom. The molecule has 0 saturated heterocycles. The maximum absolute atomic E-state index is 11.5. The number of alkyl halides is 2. The van der Waals surface area contributed by atoms with Crippen LogP contribution < -0.4 is 9.47 Å². The molecule has 2 aromatic carbocycles. The van der Waals surface area contributed by atoms with Crippen molar-refractivity contribution in [3.8, 4) is 11.5 Å². The highest BCUT2D eigenvalue weighted by Gasteiger charge is 2.72. The van der Waals surface area contributed by atoms with Gasteiger partial charge in [0.2, 0.25) is 0 Å². The van der Waals surface area contributed by atoms with Crippen molar-refractivity contribution in [2.75, 3.05) is 7.11 Å². The summed E-state index contributed by atoms with van der Waals surface area (Å²) in [5, 5.41) is 9.45. The number of ether oxygens (including phenoxy) is 2. The molecule has 2 aromatic rings.